The summed E-state index contributed by atoms with van der Waals surface area (Å²) in [5.41, 5.74) is 1.50. The molecule has 0 atom stereocenters. The van der Waals surface area contributed by atoms with Crippen LogP contribution in [0.3, 0.4) is 0 Å². The summed E-state index contributed by atoms with van der Waals surface area (Å²) < 4.78 is 0. The number of amides is 1. The standard InChI is InChI=1S/C15H15N3O/c19-15(14-12-16-10-11-17-14)18-9-5-4-8-13-6-2-1-3-7-13/h1-4,6-8,10-12H,5,9H2,(H,18,19)/b8-4+. The lowest BCUT2D eigenvalue weighted by molar-refractivity contribution is 0.0949. The van der Waals surface area contributed by atoms with Gasteiger partial charge in [0.25, 0.3) is 5.91 Å². The molecule has 19 heavy (non-hydrogen) atoms. The van der Waals surface area contributed by atoms with Crippen molar-refractivity contribution in [3.8, 4) is 0 Å². The highest BCUT2D eigenvalue weighted by atomic mass is 16.1. The molecule has 1 N–H and O–H groups in total. The maximum Gasteiger partial charge on any atom is 0.271 e. The number of benzene rings is 1. The average molecular weight is 253 g/mol. The first-order valence-electron chi connectivity index (χ1n) is 6.12. The molecule has 0 saturated heterocycles. The molecule has 96 valence electrons. The minimum atomic E-state index is -0.193. The van der Waals surface area contributed by atoms with Crippen LogP contribution in [0, 0.1) is 0 Å². The maximum absolute atomic E-state index is 11.6. The largest absolute Gasteiger partial charge is 0.350 e. The van der Waals surface area contributed by atoms with Gasteiger partial charge in [0.15, 0.2) is 0 Å². The fourth-order valence-electron chi connectivity index (χ4n) is 1.56. The van der Waals surface area contributed by atoms with Crippen molar-refractivity contribution >= 4 is 12.0 Å². The molecule has 4 heteroatoms. The van der Waals surface area contributed by atoms with Gasteiger partial charge >= 0.3 is 0 Å². The third kappa shape index (κ3) is 4.35. The summed E-state index contributed by atoms with van der Waals surface area (Å²) in [6.45, 7) is 0.582. The van der Waals surface area contributed by atoms with E-state index < -0.39 is 0 Å². The monoisotopic (exact) mass is 253 g/mol. The summed E-state index contributed by atoms with van der Waals surface area (Å²) in [6.07, 6.45) is 9.35. The highest BCUT2D eigenvalue weighted by molar-refractivity contribution is 5.91. The fraction of sp³-hybridized carbons (Fsp3) is 0.133. The molecule has 2 rings (SSSR count). The van der Waals surface area contributed by atoms with E-state index in [1.54, 1.807) is 6.20 Å². The van der Waals surface area contributed by atoms with E-state index in [1.165, 1.54) is 12.4 Å². The first-order chi connectivity index (χ1) is 9.36. The molecule has 4 nitrogen and oxygen atoms in total. The second-order valence-electron chi connectivity index (χ2n) is 3.95. The maximum atomic E-state index is 11.6. The smallest absolute Gasteiger partial charge is 0.271 e. The third-order valence-electron chi connectivity index (χ3n) is 2.50. The van der Waals surface area contributed by atoms with Gasteiger partial charge in [-0.2, -0.15) is 0 Å². The van der Waals surface area contributed by atoms with Crippen LogP contribution in [0.4, 0.5) is 0 Å². The highest BCUT2D eigenvalue weighted by Crippen LogP contribution is 2.01. The molecule has 1 aromatic heterocycles. The lowest BCUT2D eigenvalue weighted by Gasteiger charge is -2.01. The Morgan fingerprint density at radius 1 is 1.21 bits per heavy atom. The molecule has 2 aromatic rings. The third-order valence-corrected chi connectivity index (χ3v) is 2.50. The van der Waals surface area contributed by atoms with E-state index in [0.29, 0.717) is 12.2 Å². The molecule has 1 amide bonds. The van der Waals surface area contributed by atoms with Crippen LogP contribution >= 0.6 is 0 Å². The zero-order valence-electron chi connectivity index (χ0n) is 10.5. The Hall–Kier alpha value is -2.49. The number of rotatable bonds is 5. The Morgan fingerprint density at radius 3 is 2.79 bits per heavy atom. The van der Waals surface area contributed by atoms with Crippen molar-refractivity contribution in [1.29, 1.82) is 0 Å². The number of aromatic nitrogens is 2. The predicted molar refractivity (Wildman–Crippen MR) is 74.5 cm³/mol. The van der Waals surface area contributed by atoms with Crippen LogP contribution < -0.4 is 5.32 Å². The van der Waals surface area contributed by atoms with Gasteiger partial charge in [0.1, 0.15) is 5.69 Å². The van der Waals surface area contributed by atoms with Crippen LogP contribution in [0.1, 0.15) is 22.5 Å². The molecule has 0 spiro atoms. The second kappa shape index (κ2) is 7.06. The lowest BCUT2D eigenvalue weighted by atomic mass is 10.2. The van der Waals surface area contributed by atoms with Gasteiger partial charge in [-0.1, -0.05) is 42.5 Å². The summed E-state index contributed by atoms with van der Waals surface area (Å²) in [5, 5.41) is 2.79. The topological polar surface area (TPSA) is 54.9 Å². The van der Waals surface area contributed by atoms with Crippen LogP contribution in [0.25, 0.3) is 6.08 Å². The molecule has 1 heterocycles. The lowest BCUT2D eigenvalue weighted by Crippen LogP contribution is -2.25. The molecule has 0 unspecified atom stereocenters. The second-order valence-corrected chi connectivity index (χ2v) is 3.95. The van der Waals surface area contributed by atoms with Gasteiger partial charge in [-0.05, 0) is 12.0 Å². The van der Waals surface area contributed by atoms with Crippen LogP contribution in [0.2, 0.25) is 0 Å². The van der Waals surface area contributed by atoms with Crippen molar-refractivity contribution in [2.24, 2.45) is 0 Å². The molecule has 0 aliphatic heterocycles. The number of hydrogen-bond donors (Lipinski definition) is 1. The van der Waals surface area contributed by atoms with Gasteiger partial charge in [-0.15, -0.1) is 0 Å². The fourth-order valence-corrected chi connectivity index (χ4v) is 1.56. The summed E-state index contributed by atoms with van der Waals surface area (Å²) in [6, 6.07) is 10.0. The number of carbonyl (C=O) groups is 1. The molecule has 0 fully saturated rings. The summed E-state index contributed by atoms with van der Waals surface area (Å²) in [4.78, 5) is 19.4. The molecular weight excluding hydrogens is 238 g/mol. The molecule has 0 bridgehead atoms. The van der Waals surface area contributed by atoms with Gasteiger partial charge < -0.3 is 5.32 Å². The van der Waals surface area contributed by atoms with Crippen molar-refractivity contribution in [3.05, 3.63) is 66.3 Å². The minimum absolute atomic E-state index is 0.193. The van der Waals surface area contributed by atoms with Crippen LogP contribution in [-0.4, -0.2) is 22.4 Å². The van der Waals surface area contributed by atoms with E-state index in [0.717, 1.165) is 12.0 Å². The van der Waals surface area contributed by atoms with Crippen LogP contribution in [0.5, 0.6) is 0 Å². The van der Waals surface area contributed by atoms with Gasteiger partial charge in [0.2, 0.25) is 0 Å². The molecule has 0 saturated carbocycles. The number of nitrogens with zero attached hydrogens (tertiary/aromatic N) is 2. The molecule has 0 aliphatic rings. The van der Waals surface area contributed by atoms with Gasteiger partial charge in [-0.3, -0.25) is 9.78 Å². The number of hydrogen-bond acceptors (Lipinski definition) is 3. The van der Waals surface area contributed by atoms with Crippen molar-refractivity contribution in [3.63, 3.8) is 0 Å². The Kier molecular flexibility index (Phi) is 4.81. The Labute approximate surface area is 112 Å². The summed E-state index contributed by atoms with van der Waals surface area (Å²) in [7, 11) is 0. The average Bonchev–Trinajstić information content (AvgIpc) is 2.49. The van der Waals surface area contributed by atoms with Crippen molar-refractivity contribution < 1.29 is 4.79 Å². The van der Waals surface area contributed by atoms with Crippen molar-refractivity contribution in [1.82, 2.24) is 15.3 Å². The number of carbonyl (C=O) groups excluding carboxylic acids is 1. The van der Waals surface area contributed by atoms with E-state index in [2.05, 4.69) is 15.3 Å². The van der Waals surface area contributed by atoms with Gasteiger partial charge in [0, 0.05) is 18.9 Å². The SMILES string of the molecule is O=C(NCC/C=C/c1ccccc1)c1cnccn1. The van der Waals surface area contributed by atoms with Crippen LogP contribution in [-0.2, 0) is 0 Å². The van der Waals surface area contributed by atoms with Crippen molar-refractivity contribution in [2.75, 3.05) is 6.54 Å². The molecule has 1 aromatic carbocycles. The van der Waals surface area contributed by atoms with E-state index in [4.69, 9.17) is 0 Å². The van der Waals surface area contributed by atoms with Crippen LogP contribution in [0.15, 0.2) is 55.0 Å². The van der Waals surface area contributed by atoms with E-state index in [-0.39, 0.29) is 5.91 Å². The zero-order valence-corrected chi connectivity index (χ0v) is 10.5. The normalized spacial score (nSPS) is 10.5. The van der Waals surface area contributed by atoms with E-state index in [1.807, 2.05) is 42.5 Å². The summed E-state index contributed by atoms with van der Waals surface area (Å²) in [5.74, 6) is -0.193. The Balaban J connectivity index is 1.73. The Morgan fingerprint density at radius 2 is 2.05 bits per heavy atom. The van der Waals surface area contributed by atoms with Gasteiger partial charge in [-0.25, -0.2) is 4.98 Å². The zero-order chi connectivity index (χ0) is 13.3. The number of nitrogens with one attached hydrogen (secondary N) is 1. The first kappa shape index (κ1) is 13.0. The quantitative estimate of drug-likeness (QED) is 0.832. The highest BCUT2D eigenvalue weighted by Gasteiger charge is 2.04. The predicted octanol–water partition coefficient (Wildman–Crippen LogP) is 2.31. The first-order valence-corrected chi connectivity index (χ1v) is 6.12. The van der Waals surface area contributed by atoms with Gasteiger partial charge in [0.05, 0.1) is 6.20 Å². The molecule has 0 aliphatic carbocycles. The molecular formula is C15H15N3O. The Bertz CT molecular complexity index is 538. The molecule has 0 radical (unpaired) electrons. The van der Waals surface area contributed by atoms with E-state index >= 15 is 0 Å². The van der Waals surface area contributed by atoms with E-state index in [9.17, 15) is 4.79 Å². The summed E-state index contributed by atoms with van der Waals surface area (Å²) >= 11 is 0. The van der Waals surface area contributed by atoms with Crippen molar-refractivity contribution in [2.45, 2.75) is 6.42 Å². The minimum Gasteiger partial charge on any atom is -0.350 e.